The number of ether oxygens (including phenoxy) is 1. The van der Waals surface area contributed by atoms with Gasteiger partial charge in [-0.2, -0.15) is 0 Å². The number of nitrogens with one attached hydrogen (secondary N) is 1. The molecule has 0 bridgehead atoms. The maximum atomic E-state index is 11.3. The minimum atomic E-state index is -0.194. The van der Waals surface area contributed by atoms with Crippen LogP contribution in [0.15, 0.2) is 0 Å². The number of nitrogens with zero attached hydrogens (tertiary/aromatic N) is 1. The van der Waals surface area contributed by atoms with E-state index >= 15 is 0 Å². The van der Waals surface area contributed by atoms with E-state index in [0.29, 0.717) is 13.0 Å². The molecule has 16 heavy (non-hydrogen) atoms. The van der Waals surface area contributed by atoms with Gasteiger partial charge in [-0.05, 0) is 12.8 Å². The predicted molar refractivity (Wildman–Crippen MR) is 59.9 cm³/mol. The molecule has 1 N–H and O–H groups in total. The summed E-state index contributed by atoms with van der Waals surface area (Å²) in [6.45, 7) is 4.25. The number of methoxy groups -OCH3 is 1. The molecule has 0 radical (unpaired) electrons. The molecule has 5 nitrogen and oxygen atoms in total. The molecule has 1 aliphatic heterocycles. The van der Waals surface area contributed by atoms with Crippen LogP contribution >= 0.6 is 0 Å². The Balaban J connectivity index is 2.18. The standard InChI is InChI=1S/C11H20N2O3/c1-3-6-12-10(14)5-8-13-7-4-9(13)11(15)16-2/h9H,3-8H2,1-2H3,(H,12,14). The fourth-order valence-corrected chi connectivity index (χ4v) is 1.71. The minimum Gasteiger partial charge on any atom is -0.468 e. The van der Waals surface area contributed by atoms with Crippen molar-refractivity contribution in [3.05, 3.63) is 0 Å². The number of esters is 1. The third kappa shape index (κ3) is 3.48. The molecule has 1 unspecified atom stereocenters. The number of hydrogen-bond acceptors (Lipinski definition) is 4. The summed E-state index contributed by atoms with van der Waals surface area (Å²) in [5.74, 6) is -0.141. The Morgan fingerprint density at radius 2 is 2.25 bits per heavy atom. The van der Waals surface area contributed by atoms with E-state index in [2.05, 4.69) is 10.1 Å². The maximum Gasteiger partial charge on any atom is 0.323 e. The summed E-state index contributed by atoms with van der Waals surface area (Å²) >= 11 is 0. The van der Waals surface area contributed by atoms with Crippen molar-refractivity contribution in [2.24, 2.45) is 0 Å². The fraction of sp³-hybridized carbons (Fsp3) is 0.818. The van der Waals surface area contributed by atoms with Crippen LogP contribution < -0.4 is 5.32 Å². The molecule has 0 saturated carbocycles. The highest BCUT2D eigenvalue weighted by Gasteiger charge is 2.34. The molecule has 1 fully saturated rings. The Morgan fingerprint density at radius 3 is 2.75 bits per heavy atom. The van der Waals surface area contributed by atoms with Gasteiger partial charge in [0.05, 0.1) is 7.11 Å². The summed E-state index contributed by atoms with van der Waals surface area (Å²) in [6.07, 6.45) is 2.23. The van der Waals surface area contributed by atoms with E-state index in [1.54, 1.807) is 0 Å². The fourth-order valence-electron chi connectivity index (χ4n) is 1.71. The van der Waals surface area contributed by atoms with Crippen LogP contribution in [0.1, 0.15) is 26.2 Å². The first-order chi connectivity index (χ1) is 7.69. The lowest BCUT2D eigenvalue weighted by Gasteiger charge is -2.38. The van der Waals surface area contributed by atoms with Gasteiger partial charge in [0.25, 0.3) is 0 Å². The second-order valence-corrected chi connectivity index (χ2v) is 3.96. The van der Waals surface area contributed by atoms with Gasteiger partial charge < -0.3 is 10.1 Å². The van der Waals surface area contributed by atoms with Gasteiger partial charge in [-0.3, -0.25) is 14.5 Å². The van der Waals surface area contributed by atoms with Crippen LogP contribution in [-0.4, -0.2) is 49.6 Å². The molecular formula is C11H20N2O3. The van der Waals surface area contributed by atoms with Crippen LogP contribution in [0.5, 0.6) is 0 Å². The number of likely N-dealkylation sites (tertiary alicyclic amines) is 1. The molecule has 0 spiro atoms. The summed E-state index contributed by atoms with van der Waals surface area (Å²) in [5.41, 5.74) is 0. The Kier molecular flexibility index (Phi) is 5.25. The molecule has 92 valence electrons. The van der Waals surface area contributed by atoms with Gasteiger partial charge in [-0.15, -0.1) is 0 Å². The van der Waals surface area contributed by atoms with Crippen LogP contribution in [-0.2, 0) is 14.3 Å². The SMILES string of the molecule is CCCNC(=O)CCN1CCC1C(=O)OC. The predicted octanol–water partition coefficient (Wildman–Crippen LogP) is 0.150. The molecular weight excluding hydrogens is 208 g/mol. The first-order valence-electron chi connectivity index (χ1n) is 5.77. The van der Waals surface area contributed by atoms with Gasteiger partial charge in [0.2, 0.25) is 5.91 Å². The van der Waals surface area contributed by atoms with Crippen molar-refractivity contribution in [1.82, 2.24) is 10.2 Å². The van der Waals surface area contributed by atoms with Crippen LogP contribution in [0, 0.1) is 0 Å². The largest absolute Gasteiger partial charge is 0.468 e. The van der Waals surface area contributed by atoms with Crippen molar-refractivity contribution in [3.63, 3.8) is 0 Å². The second-order valence-electron chi connectivity index (χ2n) is 3.96. The summed E-state index contributed by atoms with van der Waals surface area (Å²) in [4.78, 5) is 24.6. The minimum absolute atomic E-state index is 0.0531. The van der Waals surface area contributed by atoms with Crippen LogP contribution in [0.3, 0.4) is 0 Å². The summed E-state index contributed by atoms with van der Waals surface area (Å²) in [7, 11) is 1.40. The van der Waals surface area contributed by atoms with Crippen LogP contribution in [0.4, 0.5) is 0 Å². The zero-order chi connectivity index (χ0) is 12.0. The Hall–Kier alpha value is -1.10. The summed E-state index contributed by atoms with van der Waals surface area (Å²) < 4.78 is 4.67. The van der Waals surface area contributed by atoms with Gasteiger partial charge in [-0.1, -0.05) is 6.92 Å². The van der Waals surface area contributed by atoms with Crippen molar-refractivity contribution in [1.29, 1.82) is 0 Å². The van der Waals surface area contributed by atoms with E-state index in [4.69, 9.17) is 0 Å². The van der Waals surface area contributed by atoms with Crippen LogP contribution in [0.2, 0.25) is 0 Å². The molecule has 0 aromatic rings. The highest BCUT2D eigenvalue weighted by atomic mass is 16.5. The van der Waals surface area contributed by atoms with Crippen molar-refractivity contribution in [2.45, 2.75) is 32.2 Å². The molecule has 1 rings (SSSR count). The summed E-state index contributed by atoms with van der Waals surface area (Å²) in [5, 5.41) is 2.81. The maximum absolute atomic E-state index is 11.3. The average molecular weight is 228 g/mol. The highest BCUT2D eigenvalue weighted by molar-refractivity contribution is 5.78. The number of hydrogen-bond donors (Lipinski definition) is 1. The molecule has 1 heterocycles. The molecule has 0 aliphatic carbocycles. The van der Waals surface area contributed by atoms with Crippen molar-refractivity contribution in [3.8, 4) is 0 Å². The lowest BCUT2D eigenvalue weighted by Crippen LogP contribution is -2.53. The quantitative estimate of drug-likeness (QED) is 0.657. The lowest BCUT2D eigenvalue weighted by atomic mass is 10.0. The zero-order valence-corrected chi connectivity index (χ0v) is 9.99. The molecule has 1 amide bonds. The van der Waals surface area contributed by atoms with Gasteiger partial charge in [-0.25, -0.2) is 0 Å². The summed E-state index contributed by atoms with van der Waals surface area (Å²) in [6, 6.07) is -0.135. The number of carbonyl (C=O) groups is 2. The third-order valence-electron chi connectivity index (χ3n) is 2.80. The van der Waals surface area contributed by atoms with E-state index in [0.717, 1.165) is 25.9 Å². The zero-order valence-electron chi connectivity index (χ0n) is 9.99. The van der Waals surface area contributed by atoms with Crippen molar-refractivity contribution in [2.75, 3.05) is 26.7 Å². The van der Waals surface area contributed by atoms with Gasteiger partial charge in [0.15, 0.2) is 0 Å². The normalized spacial score (nSPS) is 20.0. The smallest absolute Gasteiger partial charge is 0.323 e. The Bertz CT molecular complexity index is 256. The first kappa shape index (κ1) is 13.0. The van der Waals surface area contributed by atoms with E-state index in [9.17, 15) is 9.59 Å². The number of rotatable bonds is 6. The highest BCUT2D eigenvalue weighted by Crippen LogP contribution is 2.18. The van der Waals surface area contributed by atoms with E-state index in [1.807, 2.05) is 11.8 Å². The Labute approximate surface area is 96.1 Å². The van der Waals surface area contributed by atoms with Crippen molar-refractivity contribution >= 4 is 11.9 Å². The molecule has 1 saturated heterocycles. The van der Waals surface area contributed by atoms with Crippen molar-refractivity contribution < 1.29 is 14.3 Å². The number of carbonyl (C=O) groups excluding carboxylic acids is 2. The Morgan fingerprint density at radius 1 is 1.50 bits per heavy atom. The van der Waals surface area contributed by atoms with Gasteiger partial charge in [0, 0.05) is 26.1 Å². The second kappa shape index (κ2) is 6.48. The van der Waals surface area contributed by atoms with E-state index < -0.39 is 0 Å². The van der Waals surface area contributed by atoms with E-state index in [1.165, 1.54) is 7.11 Å². The lowest BCUT2D eigenvalue weighted by molar-refractivity contribution is -0.152. The average Bonchev–Trinajstić information content (AvgIpc) is 2.24. The molecule has 0 aromatic carbocycles. The third-order valence-corrected chi connectivity index (χ3v) is 2.80. The van der Waals surface area contributed by atoms with Gasteiger partial charge in [0.1, 0.15) is 6.04 Å². The molecule has 1 aliphatic rings. The first-order valence-corrected chi connectivity index (χ1v) is 5.77. The molecule has 0 aromatic heterocycles. The van der Waals surface area contributed by atoms with Gasteiger partial charge >= 0.3 is 5.97 Å². The van der Waals surface area contributed by atoms with Crippen LogP contribution in [0.25, 0.3) is 0 Å². The molecule has 5 heteroatoms. The van der Waals surface area contributed by atoms with E-state index in [-0.39, 0.29) is 17.9 Å². The number of amides is 1. The molecule has 1 atom stereocenters. The monoisotopic (exact) mass is 228 g/mol. The topological polar surface area (TPSA) is 58.6 Å².